The van der Waals surface area contributed by atoms with Crippen molar-refractivity contribution in [3.8, 4) is 5.75 Å². The average Bonchev–Trinajstić information content (AvgIpc) is 2.46. The zero-order valence-electron chi connectivity index (χ0n) is 11.5. The lowest BCUT2D eigenvalue weighted by Crippen LogP contribution is -2.08. The van der Waals surface area contributed by atoms with Crippen LogP contribution in [0.25, 0.3) is 0 Å². The molecule has 104 valence electrons. The van der Waals surface area contributed by atoms with Crippen LogP contribution < -0.4 is 9.64 Å². The van der Waals surface area contributed by atoms with Gasteiger partial charge in [-0.05, 0) is 29.8 Å². The molecule has 0 bridgehead atoms. The molecule has 0 atom stereocenters. The molecule has 0 heterocycles. The molecular weight excluding hydrogens is 254 g/mol. The summed E-state index contributed by atoms with van der Waals surface area (Å²) in [6.07, 6.45) is 0. The van der Waals surface area contributed by atoms with Crippen LogP contribution in [0, 0.1) is 0 Å². The number of carboxylic acids is 1. The van der Waals surface area contributed by atoms with E-state index in [1.54, 1.807) is 24.3 Å². The summed E-state index contributed by atoms with van der Waals surface area (Å²) in [7, 11) is 3.95. The molecule has 0 fully saturated rings. The van der Waals surface area contributed by atoms with Crippen LogP contribution in [-0.4, -0.2) is 25.2 Å². The van der Waals surface area contributed by atoms with Crippen molar-refractivity contribution in [1.82, 2.24) is 0 Å². The fourth-order valence-corrected chi connectivity index (χ4v) is 1.76. The third-order valence-corrected chi connectivity index (χ3v) is 2.94. The van der Waals surface area contributed by atoms with Crippen LogP contribution in [0.4, 0.5) is 5.69 Å². The van der Waals surface area contributed by atoms with Gasteiger partial charge in [-0.3, -0.25) is 0 Å². The van der Waals surface area contributed by atoms with E-state index in [2.05, 4.69) is 0 Å². The quantitative estimate of drug-likeness (QED) is 0.908. The number of nitrogens with zero attached hydrogens (tertiary/aromatic N) is 1. The molecule has 0 spiro atoms. The topological polar surface area (TPSA) is 49.8 Å². The first-order valence-corrected chi connectivity index (χ1v) is 6.28. The molecule has 0 aliphatic rings. The molecule has 4 heteroatoms. The van der Waals surface area contributed by atoms with Gasteiger partial charge in [-0.1, -0.05) is 18.2 Å². The van der Waals surface area contributed by atoms with Gasteiger partial charge in [0.2, 0.25) is 0 Å². The zero-order valence-corrected chi connectivity index (χ0v) is 11.5. The van der Waals surface area contributed by atoms with E-state index < -0.39 is 5.97 Å². The third kappa shape index (κ3) is 3.51. The number of hydrogen-bond donors (Lipinski definition) is 1. The number of aromatic carboxylic acids is 1. The van der Waals surface area contributed by atoms with Gasteiger partial charge in [-0.2, -0.15) is 0 Å². The minimum Gasteiger partial charge on any atom is -0.489 e. The largest absolute Gasteiger partial charge is 0.489 e. The maximum Gasteiger partial charge on any atom is 0.335 e. The number of carbonyl (C=O) groups is 1. The van der Waals surface area contributed by atoms with Crippen LogP contribution in [0.1, 0.15) is 15.9 Å². The molecule has 0 saturated heterocycles. The normalized spacial score (nSPS) is 10.1. The van der Waals surface area contributed by atoms with Crippen LogP contribution in [-0.2, 0) is 6.61 Å². The Balaban J connectivity index is 2.01. The Morgan fingerprint density at radius 2 is 1.85 bits per heavy atom. The minimum absolute atomic E-state index is 0.281. The fourth-order valence-electron chi connectivity index (χ4n) is 1.76. The van der Waals surface area contributed by atoms with Gasteiger partial charge >= 0.3 is 5.97 Å². The van der Waals surface area contributed by atoms with Crippen molar-refractivity contribution in [1.29, 1.82) is 0 Å². The number of hydrogen-bond acceptors (Lipinski definition) is 3. The Kier molecular flexibility index (Phi) is 4.25. The molecule has 1 N–H and O–H groups in total. The fraction of sp³-hybridized carbons (Fsp3) is 0.188. The van der Waals surface area contributed by atoms with Gasteiger partial charge in [0.15, 0.2) is 0 Å². The van der Waals surface area contributed by atoms with Crippen LogP contribution in [0.3, 0.4) is 0 Å². The third-order valence-electron chi connectivity index (χ3n) is 2.94. The molecule has 2 rings (SSSR count). The van der Waals surface area contributed by atoms with Crippen LogP contribution in [0.2, 0.25) is 0 Å². The predicted octanol–water partition coefficient (Wildman–Crippen LogP) is 3.03. The summed E-state index contributed by atoms with van der Waals surface area (Å²) >= 11 is 0. The molecular formula is C16H17NO3. The van der Waals surface area contributed by atoms with Gasteiger partial charge in [0.05, 0.1) is 5.56 Å². The molecule has 0 aliphatic heterocycles. The van der Waals surface area contributed by atoms with Crippen LogP contribution in [0.5, 0.6) is 5.75 Å². The first-order valence-electron chi connectivity index (χ1n) is 6.28. The molecule has 20 heavy (non-hydrogen) atoms. The van der Waals surface area contributed by atoms with E-state index in [0.29, 0.717) is 6.61 Å². The summed E-state index contributed by atoms with van der Waals surface area (Å²) < 4.78 is 5.71. The Labute approximate surface area is 118 Å². The van der Waals surface area contributed by atoms with Crippen molar-refractivity contribution < 1.29 is 14.6 Å². The first kappa shape index (κ1) is 13.9. The molecule has 0 aliphatic carbocycles. The van der Waals surface area contributed by atoms with Gasteiger partial charge in [-0.15, -0.1) is 0 Å². The Morgan fingerprint density at radius 3 is 2.45 bits per heavy atom. The number of anilines is 1. The number of benzene rings is 2. The molecule has 0 radical (unpaired) electrons. The molecule has 0 unspecified atom stereocenters. The Morgan fingerprint density at radius 1 is 1.15 bits per heavy atom. The number of carboxylic acid groups (broad SMARTS) is 1. The van der Waals surface area contributed by atoms with E-state index >= 15 is 0 Å². The summed E-state index contributed by atoms with van der Waals surface area (Å²) in [6, 6.07) is 14.5. The van der Waals surface area contributed by atoms with Crippen molar-refractivity contribution >= 4 is 11.7 Å². The number of rotatable bonds is 5. The second-order valence-corrected chi connectivity index (χ2v) is 4.68. The van der Waals surface area contributed by atoms with E-state index in [9.17, 15) is 4.79 Å². The highest BCUT2D eigenvalue weighted by atomic mass is 16.5. The second-order valence-electron chi connectivity index (χ2n) is 4.68. The summed E-state index contributed by atoms with van der Waals surface area (Å²) in [5, 5.41) is 8.83. The minimum atomic E-state index is -0.920. The van der Waals surface area contributed by atoms with Crippen LogP contribution in [0.15, 0.2) is 48.5 Å². The monoisotopic (exact) mass is 271 g/mol. The van der Waals surface area contributed by atoms with Crippen molar-refractivity contribution in [3.05, 3.63) is 59.7 Å². The highest BCUT2D eigenvalue weighted by molar-refractivity contribution is 5.87. The predicted molar refractivity (Wildman–Crippen MR) is 78.5 cm³/mol. The van der Waals surface area contributed by atoms with Gasteiger partial charge < -0.3 is 14.7 Å². The highest BCUT2D eigenvalue weighted by Crippen LogP contribution is 2.20. The summed E-state index contributed by atoms with van der Waals surface area (Å²) in [5.74, 6) is -0.130. The number of ether oxygens (including phenoxy) is 1. The van der Waals surface area contributed by atoms with Crippen LogP contribution >= 0.6 is 0 Å². The van der Waals surface area contributed by atoms with E-state index in [4.69, 9.17) is 9.84 Å². The van der Waals surface area contributed by atoms with E-state index in [1.807, 2.05) is 43.3 Å². The summed E-state index contributed by atoms with van der Waals surface area (Å²) in [4.78, 5) is 12.8. The molecule has 2 aromatic carbocycles. The van der Waals surface area contributed by atoms with E-state index in [0.717, 1.165) is 17.0 Å². The van der Waals surface area contributed by atoms with E-state index in [1.165, 1.54) is 0 Å². The van der Waals surface area contributed by atoms with E-state index in [-0.39, 0.29) is 5.56 Å². The standard InChI is InChI=1S/C16H17NO3/c1-17(2)14-4-3-5-15(10-14)20-11-12-6-8-13(9-7-12)16(18)19/h3-10H,11H2,1-2H3,(H,18,19). The summed E-state index contributed by atoms with van der Waals surface area (Å²) in [5.41, 5.74) is 2.29. The van der Waals surface area contributed by atoms with Gasteiger partial charge in [0.25, 0.3) is 0 Å². The zero-order chi connectivity index (χ0) is 14.5. The molecule has 4 nitrogen and oxygen atoms in total. The SMILES string of the molecule is CN(C)c1cccc(OCc2ccc(C(=O)O)cc2)c1. The summed E-state index contributed by atoms with van der Waals surface area (Å²) in [6.45, 7) is 0.413. The smallest absolute Gasteiger partial charge is 0.335 e. The highest BCUT2D eigenvalue weighted by Gasteiger charge is 2.03. The second kappa shape index (κ2) is 6.10. The Hall–Kier alpha value is -2.49. The maximum absolute atomic E-state index is 10.8. The van der Waals surface area contributed by atoms with Crippen molar-refractivity contribution in [3.63, 3.8) is 0 Å². The van der Waals surface area contributed by atoms with Gasteiger partial charge in [0.1, 0.15) is 12.4 Å². The van der Waals surface area contributed by atoms with Gasteiger partial charge in [0, 0.05) is 25.8 Å². The lowest BCUT2D eigenvalue weighted by molar-refractivity contribution is 0.0697. The maximum atomic E-state index is 10.8. The Bertz CT molecular complexity index is 591. The molecule has 0 aromatic heterocycles. The van der Waals surface area contributed by atoms with Crippen molar-refractivity contribution in [2.75, 3.05) is 19.0 Å². The van der Waals surface area contributed by atoms with Gasteiger partial charge in [-0.25, -0.2) is 4.79 Å². The molecule has 0 amide bonds. The van der Waals surface area contributed by atoms with Crippen molar-refractivity contribution in [2.45, 2.75) is 6.61 Å². The van der Waals surface area contributed by atoms with Crippen molar-refractivity contribution in [2.24, 2.45) is 0 Å². The molecule has 0 saturated carbocycles. The average molecular weight is 271 g/mol. The lowest BCUT2D eigenvalue weighted by Gasteiger charge is -2.14. The lowest BCUT2D eigenvalue weighted by atomic mass is 10.1. The molecule has 2 aromatic rings. The first-order chi connectivity index (χ1) is 9.56.